The molecule has 0 fully saturated rings. The van der Waals surface area contributed by atoms with Crippen LogP contribution in [-0.4, -0.2) is 37.6 Å². The number of carbonyl (C=O) groups excluding carboxylic acids is 1. The number of carbonyl (C=O) groups is 1. The lowest BCUT2D eigenvalue weighted by molar-refractivity contribution is -0.0501. The third-order valence-corrected chi connectivity index (χ3v) is 5.15. The summed E-state index contributed by atoms with van der Waals surface area (Å²) in [5, 5.41) is 0. The fraction of sp³-hybridized carbons (Fsp3) is 0.588. The van der Waals surface area contributed by atoms with E-state index in [1.165, 1.54) is 24.9 Å². The second-order valence-corrected chi connectivity index (χ2v) is 9.07. The number of hydrogen-bond donors (Lipinski definition) is 0. The lowest BCUT2D eigenvalue weighted by atomic mass is 10.0. The highest BCUT2D eigenvalue weighted by Crippen LogP contribution is 2.42. The smallest absolute Gasteiger partial charge is 0.444 e. The Labute approximate surface area is 160 Å². The third kappa shape index (κ3) is 4.34. The molecule has 1 amide bonds. The highest BCUT2D eigenvalue weighted by molar-refractivity contribution is 7.88. The molecule has 1 aliphatic carbocycles. The van der Waals surface area contributed by atoms with Crippen molar-refractivity contribution in [1.82, 2.24) is 4.90 Å². The van der Waals surface area contributed by atoms with E-state index in [1.807, 2.05) is 0 Å². The van der Waals surface area contributed by atoms with Crippen LogP contribution in [0, 0.1) is 12.7 Å². The first-order valence-electron chi connectivity index (χ1n) is 8.33. The predicted octanol–water partition coefficient (Wildman–Crippen LogP) is 4.22. The van der Waals surface area contributed by atoms with Gasteiger partial charge in [-0.15, -0.1) is 0 Å². The first-order valence-corrected chi connectivity index (χ1v) is 9.74. The standard InChI is InChI=1S/C17H21F4NO5S/c1-9-8-11-10(13(18)14(9)27-28(24,25)17(19,20)21)6-7-12(11)22(5)15(23)26-16(2,3)4/h8,12H,6-7H2,1-5H3. The van der Waals surface area contributed by atoms with E-state index >= 15 is 0 Å². The zero-order valence-corrected chi connectivity index (χ0v) is 16.8. The van der Waals surface area contributed by atoms with Gasteiger partial charge in [0, 0.05) is 7.05 Å². The van der Waals surface area contributed by atoms with E-state index in [2.05, 4.69) is 4.18 Å². The van der Waals surface area contributed by atoms with Gasteiger partial charge in [-0.1, -0.05) is 0 Å². The number of benzene rings is 1. The zero-order chi connectivity index (χ0) is 21.7. The Morgan fingerprint density at radius 2 is 1.82 bits per heavy atom. The quantitative estimate of drug-likeness (QED) is 0.410. The minimum Gasteiger partial charge on any atom is -0.444 e. The lowest BCUT2D eigenvalue weighted by Gasteiger charge is -2.29. The molecular formula is C17H21F4NO5S. The second kappa shape index (κ2) is 7.09. The number of nitrogens with zero attached hydrogens (tertiary/aromatic N) is 1. The van der Waals surface area contributed by atoms with Gasteiger partial charge in [0.2, 0.25) is 0 Å². The molecule has 1 atom stereocenters. The molecule has 6 nitrogen and oxygen atoms in total. The Morgan fingerprint density at radius 3 is 2.32 bits per heavy atom. The van der Waals surface area contributed by atoms with Crippen molar-refractivity contribution in [2.45, 2.75) is 57.7 Å². The summed E-state index contributed by atoms with van der Waals surface area (Å²) in [7, 11) is -4.53. The summed E-state index contributed by atoms with van der Waals surface area (Å²) in [6, 6.07) is 0.768. The molecule has 0 aliphatic heterocycles. The van der Waals surface area contributed by atoms with Gasteiger partial charge >= 0.3 is 21.7 Å². The highest BCUT2D eigenvalue weighted by atomic mass is 32.2. The monoisotopic (exact) mass is 427 g/mol. The molecule has 0 heterocycles. The molecule has 2 rings (SSSR count). The van der Waals surface area contributed by atoms with Crippen LogP contribution in [0.5, 0.6) is 5.75 Å². The molecule has 0 N–H and O–H groups in total. The van der Waals surface area contributed by atoms with Gasteiger partial charge < -0.3 is 13.8 Å². The number of amides is 1. The van der Waals surface area contributed by atoms with Crippen LogP contribution in [0.2, 0.25) is 0 Å². The van der Waals surface area contributed by atoms with E-state index in [1.54, 1.807) is 20.8 Å². The van der Waals surface area contributed by atoms with Crippen molar-refractivity contribution in [1.29, 1.82) is 0 Å². The van der Waals surface area contributed by atoms with Gasteiger partial charge in [0.1, 0.15) is 5.60 Å². The molecule has 1 aliphatic rings. The molecule has 11 heteroatoms. The summed E-state index contributed by atoms with van der Waals surface area (Å²) in [4.78, 5) is 13.6. The molecule has 0 aromatic heterocycles. The zero-order valence-electron chi connectivity index (χ0n) is 16.0. The van der Waals surface area contributed by atoms with Gasteiger partial charge in [0.05, 0.1) is 6.04 Å². The predicted molar refractivity (Wildman–Crippen MR) is 91.8 cm³/mol. The summed E-state index contributed by atoms with van der Waals surface area (Å²) < 4.78 is 84.2. The van der Waals surface area contributed by atoms with E-state index < -0.39 is 44.9 Å². The molecular weight excluding hydrogens is 406 g/mol. The van der Waals surface area contributed by atoms with Crippen LogP contribution in [0.4, 0.5) is 22.4 Å². The van der Waals surface area contributed by atoms with Crippen LogP contribution in [0.25, 0.3) is 0 Å². The summed E-state index contributed by atoms with van der Waals surface area (Å²) >= 11 is 0. The Morgan fingerprint density at radius 1 is 1.25 bits per heavy atom. The molecule has 0 radical (unpaired) electrons. The van der Waals surface area contributed by atoms with Gasteiger partial charge in [0.25, 0.3) is 0 Å². The number of alkyl halides is 3. The fourth-order valence-corrected chi connectivity index (χ4v) is 3.45. The summed E-state index contributed by atoms with van der Waals surface area (Å²) in [6.07, 6.45) is -0.234. The molecule has 158 valence electrons. The molecule has 0 saturated carbocycles. The van der Waals surface area contributed by atoms with Gasteiger partial charge in [-0.05, 0) is 63.3 Å². The number of rotatable bonds is 3. The van der Waals surface area contributed by atoms with Gasteiger partial charge in [-0.3, -0.25) is 0 Å². The van der Waals surface area contributed by atoms with Crippen molar-refractivity contribution >= 4 is 16.2 Å². The number of halogens is 4. The fourth-order valence-electron chi connectivity index (χ4n) is 2.93. The van der Waals surface area contributed by atoms with Crippen LogP contribution in [0.15, 0.2) is 6.07 Å². The third-order valence-electron chi connectivity index (χ3n) is 4.20. The number of fused-ring (bicyclic) bond motifs is 1. The van der Waals surface area contributed by atoms with E-state index in [9.17, 15) is 30.8 Å². The Bertz CT molecular complexity index is 890. The van der Waals surface area contributed by atoms with E-state index in [0.29, 0.717) is 12.0 Å². The van der Waals surface area contributed by atoms with Crippen LogP contribution in [0.3, 0.4) is 0 Å². The van der Waals surface area contributed by atoms with Crippen molar-refractivity contribution < 1.29 is 39.7 Å². The summed E-state index contributed by atoms with van der Waals surface area (Å²) in [5.41, 5.74) is -6.16. The molecule has 1 unspecified atom stereocenters. The minimum absolute atomic E-state index is 0.0124. The van der Waals surface area contributed by atoms with Gasteiger partial charge in [-0.25, -0.2) is 9.18 Å². The van der Waals surface area contributed by atoms with Crippen LogP contribution in [-0.2, 0) is 21.3 Å². The Kier molecular flexibility index (Phi) is 5.63. The molecule has 28 heavy (non-hydrogen) atoms. The van der Waals surface area contributed by atoms with Crippen molar-refractivity contribution in [2.24, 2.45) is 0 Å². The van der Waals surface area contributed by atoms with Crippen LogP contribution in [0.1, 0.15) is 49.9 Å². The number of ether oxygens (including phenoxy) is 1. The van der Waals surface area contributed by atoms with Crippen LogP contribution >= 0.6 is 0 Å². The molecule has 0 spiro atoms. The summed E-state index contributed by atoms with van der Waals surface area (Å²) in [6.45, 7) is 6.30. The maximum atomic E-state index is 14.8. The normalized spacial score (nSPS) is 17.2. The Hall–Kier alpha value is -2.04. The SMILES string of the molecule is Cc1cc2c(c(F)c1OS(=O)(=O)C(F)(F)F)CCC2N(C)C(=O)OC(C)(C)C. The second-order valence-electron chi connectivity index (χ2n) is 7.53. The minimum atomic E-state index is -6.00. The van der Waals surface area contributed by atoms with Gasteiger partial charge in [0.15, 0.2) is 11.6 Å². The van der Waals surface area contributed by atoms with E-state index in [-0.39, 0.29) is 17.5 Å². The van der Waals surface area contributed by atoms with Crippen molar-refractivity contribution in [2.75, 3.05) is 7.05 Å². The van der Waals surface area contributed by atoms with Crippen molar-refractivity contribution in [3.05, 3.63) is 28.6 Å². The molecule has 0 saturated heterocycles. The summed E-state index contributed by atoms with van der Waals surface area (Å²) in [5.74, 6) is -2.17. The average Bonchev–Trinajstić information content (AvgIpc) is 2.91. The number of aryl methyl sites for hydroxylation is 1. The lowest BCUT2D eigenvalue weighted by Crippen LogP contribution is -2.36. The van der Waals surface area contributed by atoms with Crippen molar-refractivity contribution in [3.8, 4) is 5.75 Å². The average molecular weight is 427 g/mol. The Balaban J connectivity index is 2.39. The van der Waals surface area contributed by atoms with Crippen molar-refractivity contribution in [3.63, 3.8) is 0 Å². The van der Waals surface area contributed by atoms with Gasteiger partial charge in [-0.2, -0.15) is 21.6 Å². The highest BCUT2D eigenvalue weighted by Gasteiger charge is 2.49. The van der Waals surface area contributed by atoms with E-state index in [0.717, 1.165) is 0 Å². The number of hydrogen-bond acceptors (Lipinski definition) is 5. The molecule has 1 aromatic carbocycles. The van der Waals surface area contributed by atoms with E-state index in [4.69, 9.17) is 4.74 Å². The molecule has 1 aromatic rings. The first-order chi connectivity index (χ1) is 12.5. The molecule has 0 bridgehead atoms. The first kappa shape index (κ1) is 22.3. The maximum Gasteiger partial charge on any atom is 0.534 e. The topological polar surface area (TPSA) is 72.9 Å². The van der Waals surface area contributed by atoms with Crippen LogP contribution < -0.4 is 4.18 Å². The maximum absolute atomic E-state index is 14.8. The largest absolute Gasteiger partial charge is 0.534 e.